The molecule has 6 heteroatoms. The normalized spacial score (nSPS) is 10.6. The molecule has 0 aliphatic carbocycles. The number of carbonyl (C=O) groups is 1. The van der Waals surface area contributed by atoms with E-state index in [1.165, 1.54) is 0 Å². The summed E-state index contributed by atoms with van der Waals surface area (Å²) in [4.78, 5) is 16.6. The molecule has 2 aromatic carbocycles. The van der Waals surface area contributed by atoms with Gasteiger partial charge < -0.3 is 4.74 Å². The van der Waals surface area contributed by atoms with E-state index in [9.17, 15) is 4.79 Å². The fourth-order valence-electron chi connectivity index (χ4n) is 2.41. The van der Waals surface area contributed by atoms with Crippen LogP contribution in [0.4, 0.5) is 0 Å². The molecule has 0 radical (unpaired) electrons. The SMILES string of the molecule is CCOC(=O)c1ncn(-c2ccc(Cl)cc2)c1-c1cccc(I)c1. The van der Waals surface area contributed by atoms with Crippen molar-refractivity contribution in [1.29, 1.82) is 0 Å². The van der Waals surface area contributed by atoms with Crippen molar-refractivity contribution in [2.24, 2.45) is 0 Å². The molecule has 0 bridgehead atoms. The second-order valence-corrected chi connectivity index (χ2v) is 6.70. The van der Waals surface area contributed by atoms with Gasteiger partial charge in [0.25, 0.3) is 0 Å². The van der Waals surface area contributed by atoms with Crippen LogP contribution in [0.25, 0.3) is 16.9 Å². The quantitative estimate of drug-likeness (QED) is 0.414. The van der Waals surface area contributed by atoms with Crippen molar-refractivity contribution in [3.05, 3.63) is 69.1 Å². The first-order valence-electron chi connectivity index (χ1n) is 7.36. The van der Waals surface area contributed by atoms with E-state index in [0.29, 0.717) is 23.0 Å². The number of esters is 1. The van der Waals surface area contributed by atoms with Crippen molar-refractivity contribution in [2.75, 3.05) is 6.61 Å². The smallest absolute Gasteiger partial charge is 0.359 e. The number of benzene rings is 2. The lowest BCUT2D eigenvalue weighted by Crippen LogP contribution is -2.08. The first-order chi connectivity index (χ1) is 11.6. The first-order valence-corrected chi connectivity index (χ1v) is 8.82. The molecule has 0 saturated carbocycles. The summed E-state index contributed by atoms with van der Waals surface area (Å²) in [5, 5.41) is 0.653. The molecule has 24 heavy (non-hydrogen) atoms. The van der Waals surface area contributed by atoms with Crippen LogP contribution in [0.1, 0.15) is 17.4 Å². The van der Waals surface area contributed by atoms with Crippen LogP contribution in [0.3, 0.4) is 0 Å². The average Bonchev–Trinajstić information content (AvgIpc) is 3.01. The summed E-state index contributed by atoms with van der Waals surface area (Å²) in [5.74, 6) is -0.431. The number of hydrogen-bond acceptors (Lipinski definition) is 3. The zero-order valence-electron chi connectivity index (χ0n) is 12.9. The van der Waals surface area contributed by atoms with Gasteiger partial charge in [-0.2, -0.15) is 0 Å². The van der Waals surface area contributed by atoms with Crippen molar-refractivity contribution in [1.82, 2.24) is 9.55 Å². The van der Waals surface area contributed by atoms with E-state index < -0.39 is 5.97 Å². The number of imidazole rings is 1. The van der Waals surface area contributed by atoms with Gasteiger partial charge in [0.15, 0.2) is 5.69 Å². The summed E-state index contributed by atoms with van der Waals surface area (Å²) in [6.07, 6.45) is 1.63. The molecule has 0 spiro atoms. The highest BCUT2D eigenvalue weighted by Crippen LogP contribution is 2.28. The topological polar surface area (TPSA) is 44.1 Å². The summed E-state index contributed by atoms with van der Waals surface area (Å²) in [7, 11) is 0. The van der Waals surface area contributed by atoms with E-state index in [4.69, 9.17) is 16.3 Å². The van der Waals surface area contributed by atoms with Gasteiger partial charge in [0.05, 0.1) is 12.3 Å². The summed E-state index contributed by atoms with van der Waals surface area (Å²) < 4.78 is 8.09. The maximum absolute atomic E-state index is 12.3. The second-order valence-electron chi connectivity index (χ2n) is 5.02. The van der Waals surface area contributed by atoms with Gasteiger partial charge in [-0.25, -0.2) is 9.78 Å². The summed E-state index contributed by atoms with van der Waals surface area (Å²) in [5.41, 5.74) is 2.77. The zero-order valence-corrected chi connectivity index (χ0v) is 15.8. The molecule has 0 amide bonds. The van der Waals surface area contributed by atoms with Crippen molar-refractivity contribution < 1.29 is 9.53 Å². The van der Waals surface area contributed by atoms with Crippen LogP contribution in [0, 0.1) is 3.57 Å². The number of aromatic nitrogens is 2. The molecule has 3 aromatic rings. The van der Waals surface area contributed by atoms with E-state index in [1.807, 2.05) is 41.0 Å². The molecule has 0 saturated heterocycles. The van der Waals surface area contributed by atoms with E-state index in [1.54, 1.807) is 25.4 Å². The Bertz CT molecular complexity index is 875. The highest BCUT2D eigenvalue weighted by Gasteiger charge is 2.21. The predicted molar refractivity (Wildman–Crippen MR) is 103 cm³/mol. The molecule has 1 heterocycles. The number of hydrogen-bond donors (Lipinski definition) is 0. The Morgan fingerprint density at radius 3 is 2.67 bits per heavy atom. The van der Waals surface area contributed by atoms with Crippen LogP contribution in [-0.2, 0) is 4.74 Å². The summed E-state index contributed by atoms with van der Waals surface area (Å²) in [6, 6.07) is 15.3. The number of rotatable bonds is 4. The van der Waals surface area contributed by atoms with Crippen molar-refractivity contribution >= 4 is 40.2 Å². The highest BCUT2D eigenvalue weighted by atomic mass is 127. The average molecular weight is 453 g/mol. The molecule has 0 aliphatic heterocycles. The highest BCUT2D eigenvalue weighted by molar-refractivity contribution is 14.1. The van der Waals surface area contributed by atoms with Crippen LogP contribution in [-0.4, -0.2) is 22.1 Å². The summed E-state index contributed by atoms with van der Waals surface area (Å²) >= 11 is 8.22. The van der Waals surface area contributed by atoms with Gasteiger partial charge in [-0.05, 0) is 65.9 Å². The molecular formula is C18H14ClIN2O2. The van der Waals surface area contributed by atoms with Crippen LogP contribution in [0.2, 0.25) is 5.02 Å². The second kappa shape index (κ2) is 7.36. The summed E-state index contributed by atoms with van der Waals surface area (Å²) in [6.45, 7) is 2.08. The van der Waals surface area contributed by atoms with Crippen molar-refractivity contribution in [3.8, 4) is 16.9 Å². The standard InChI is InChI=1S/C18H14ClIN2O2/c1-2-24-18(23)16-17(12-4-3-5-14(20)10-12)22(11-21-16)15-8-6-13(19)7-9-15/h3-11H,2H2,1H3. The van der Waals surface area contributed by atoms with Gasteiger partial charge in [0.1, 0.15) is 6.33 Å². The minimum Gasteiger partial charge on any atom is -0.461 e. The lowest BCUT2D eigenvalue weighted by molar-refractivity contribution is 0.0521. The van der Waals surface area contributed by atoms with Crippen molar-refractivity contribution in [2.45, 2.75) is 6.92 Å². The molecule has 0 aliphatic rings. The third-order valence-electron chi connectivity index (χ3n) is 3.44. The fraction of sp³-hybridized carbons (Fsp3) is 0.111. The molecule has 0 unspecified atom stereocenters. The van der Waals surface area contributed by atoms with Crippen molar-refractivity contribution in [3.63, 3.8) is 0 Å². The minimum atomic E-state index is -0.431. The Hall–Kier alpha value is -1.86. The number of carbonyl (C=O) groups excluding carboxylic acids is 1. The molecule has 1 aromatic heterocycles. The molecule has 3 rings (SSSR count). The minimum absolute atomic E-state index is 0.300. The van der Waals surface area contributed by atoms with Gasteiger partial charge in [0, 0.05) is 19.8 Å². The van der Waals surface area contributed by atoms with Gasteiger partial charge in [-0.15, -0.1) is 0 Å². The van der Waals surface area contributed by atoms with E-state index in [-0.39, 0.29) is 0 Å². The Morgan fingerprint density at radius 2 is 2.00 bits per heavy atom. The van der Waals surface area contributed by atoms with Crippen LogP contribution >= 0.6 is 34.2 Å². The Labute approximate surface area is 158 Å². The van der Waals surface area contributed by atoms with E-state index in [2.05, 4.69) is 27.6 Å². The van der Waals surface area contributed by atoms with Crippen LogP contribution in [0.5, 0.6) is 0 Å². The van der Waals surface area contributed by atoms with Gasteiger partial charge in [-0.1, -0.05) is 23.7 Å². The van der Waals surface area contributed by atoms with Crippen LogP contribution in [0.15, 0.2) is 54.9 Å². The third kappa shape index (κ3) is 3.47. The molecule has 0 N–H and O–H groups in total. The van der Waals surface area contributed by atoms with Crippen LogP contribution < -0.4 is 0 Å². The molecule has 4 nitrogen and oxygen atoms in total. The Balaban J connectivity index is 2.19. The maximum atomic E-state index is 12.3. The lowest BCUT2D eigenvalue weighted by atomic mass is 10.1. The maximum Gasteiger partial charge on any atom is 0.359 e. The Morgan fingerprint density at radius 1 is 1.25 bits per heavy atom. The number of halogens is 2. The number of ether oxygens (including phenoxy) is 1. The lowest BCUT2D eigenvalue weighted by Gasteiger charge is -2.11. The van der Waals surface area contributed by atoms with Gasteiger partial charge >= 0.3 is 5.97 Å². The Kier molecular flexibility index (Phi) is 5.20. The zero-order chi connectivity index (χ0) is 17.1. The third-order valence-corrected chi connectivity index (χ3v) is 4.36. The monoisotopic (exact) mass is 452 g/mol. The molecule has 0 atom stereocenters. The van der Waals surface area contributed by atoms with Gasteiger partial charge in [-0.3, -0.25) is 4.57 Å². The molecule has 0 fully saturated rings. The molecular weight excluding hydrogens is 439 g/mol. The fourth-order valence-corrected chi connectivity index (χ4v) is 3.08. The largest absolute Gasteiger partial charge is 0.461 e. The number of nitrogens with zero attached hydrogens (tertiary/aromatic N) is 2. The van der Waals surface area contributed by atoms with E-state index >= 15 is 0 Å². The predicted octanol–water partition coefficient (Wildman–Crippen LogP) is 4.97. The molecule has 122 valence electrons. The van der Waals surface area contributed by atoms with Gasteiger partial charge in [0.2, 0.25) is 0 Å². The van der Waals surface area contributed by atoms with E-state index in [0.717, 1.165) is 14.8 Å². The first kappa shape index (κ1) is 17.0.